The Morgan fingerprint density at radius 3 is 2.29 bits per heavy atom. The summed E-state index contributed by atoms with van der Waals surface area (Å²) in [6, 6.07) is 40.0. The molecule has 8 aromatic rings. The first-order valence-electron chi connectivity index (χ1n) is 11.7. The van der Waals surface area contributed by atoms with E-state index in [0.29, 0.717) is 0 Å². The number of furan rings is 1. The van der Waals surface area contributed by atoms with E-state index in [1.54, 1.807) is 0 Å². The second kappa shape index (κ2) is 6.84. The highest BCUT2D eigenvalue weighted by molar-refractivity contribution is 6.10. The smallest absolute Gasteiger partial charge is 0.220 e. The molecule has 164 valence electrons. The Bertz CT molecular complexity index is 2060. The fraction of sp³-hybridized carbons (Fsp3) is 0. The molecule has 0 bridgehead atoms. The first-order valence-corrected chi connectivity index (χ1v) is 11.7. The average molecular weight is 450 g/mol. The molecule has 3 heterocycles. The van der Waals surface area contributed by atoms with Crippen molar-refractivity contribution in [2.24, 2.45) is 0 Å². The molecule has 0 atom stereocenters. The van der Waals surface area contributed by atoms with Crippen molar-refractivity contribution in [3.05, 3.63) is 115 Å². The van der Waals surface area contributed by atoms with E-state index in [9.17, 15) is 0 Å². The van der Waals surface area contributed by atoms with Crippen molar-refractivity contribution in [2.75, 3.05) is 0 Å². The number of fused-ring (bicyclic) bond motifs is 8. The predicted molar refractivity (Wildman–Crippen MR) is 142 cm³/mol. The van der Waals surface area contributed by atoms with Gasteiger partial charge in [0.2, 0.25) is 5.78 Å². The average Bonchev–Trinajstić information content (AvgIpc) is 3.57. The molecule has 0 spiro atoms. The lowest BCUT2D eigenvalue weighted by Crippen LogP contribution is -1.94. The van der Waals surface area contributed by atoms with Crippen LogP contribution in [0.25, 0.3) is 66.6 Å². The van der Waals surface area contributed by atoms with Gasteiger partial charge in [-0.25, -0.2) is 4.98 Å². The zero-order valence-corrected chi connectivity index (χ0v) is 18.7. The van der Waals surface area contributed by atoms with Crippen LogP contribution >= 0.6 is 0 Å². The predicted octanol–water partition coefficient (Wildman–Crippen LogP) is 8.00. The van der Waals surface area contributed by atoms with E-state index >= 15 is 0 Å². The van der Waals surface area contributed by atoms with Crippen LogP contribution in [0.2, 0.25) is 0 Å². The van der Waals surface area contributed by atoms with Crippen molar-refractivity contribution in [3.63, 3.8) is 0 Å². The number of hydrogen-bond acceptors (Lipinski definition) is 2. The SMILES string of the molecule is c1ccc(-n2c3ccccc3n3c4cc(-c5cccc6c5oc5ccccc56)ccc4nc23)cc1. The van der Waals surface area contributed by atoms with E-state index in [2.05, 4.69) is 106 Å². The van der Waals surface area contributed by atoms with Gasteiger partial charge in [0.1, 0.15) is 11.2 Å². The topological polar surface area (TPSA) is 35.4 Å². The van der Waals surface area contributed by atoms with Gasteiger partial charge in [0, 0.05) is 22.0 Å². The number of benzene rings is 5. The minimum absolute atomic E-state index is 0.909. The molecule has 0 fully saturated rings. The van der Waals surface area contributed by atoms with Crippen LogP contribution in [0.3, 0.4) is 0 Å². The molecule has 0 saturated carbocycles. The van der Waals surface area contributed by atoms with Crippen LogP contribution in [-0.2, 0) is 0 Å². The van der Waals surface area contributed by atoms with Crippen LogP contribution < -0.4 is 0 Å². The largest absolute Gasteiger partial charge is 0.455 e. The molecule has 35 heavy (non-hydrogen) atoms. The van der Waals surface area contributed by atoms with E-state index in [1.807, 2.05) is 18.2 Å². The molecule has 4 heteroatoms. The lowest BCUT2D eigenvalue weighted by Gasteiger charge is -2.04. The zero-order valence-electron chi connectivity index (χ0n) is 18.7. The molecule has 8 rings (SSSR count). The fourth-order valence-electron chi connectivity index (χ4n) is 5.37. The molecular weight excluding hydrogens is 430 g/mol. The maximum Gasteiger partial charge on any atom is 0.220 e. The van der Waals surface area contributed by atoms with Crippen LogP contribution in [0.4, 0.5) is 0 Å². The van der Waals surface area contributed by atoms with Crippen molar-refractivity contribution in [1.82, 2.24) is 14.0 Å². The van der Waals surface area contributed by atoms with Gasteiger partial charge in [0.25, 0.3) is 0 Å². The van der Waals surface area contributed by atoms with Gasteiger partial charge in [-0.3, -0.25) is 8.97 Å². The number of rotatable bonds is 2. The summed E-state index contributed by atoms with van der Waals surface area (Å²) in [5, 5.41) is 2.28. The van der Waals surface area contributed by atoms with E-state index in [0.717, 1.165) is 66.6 Å². The van der Waals surface area contributed by atoms with Gasteiger partial charge in [-0.15, -0.1) is 0 Å². The van der Waals surface area contributed by atoms with Crippen LogP contribution in [0, 0.1) is 0 Å². The van der Waals surface area contributed by atoms with Crippen molar-refractivity contribution in [1.29, 1.82) is 0 Å². The molecular formula is C31H19N3O. The molecule has 0 N–H and O–H groups in total. The minimum atomic E-state index is 0.909. The highest BCUT2D eigenvalue weighted by Crippen LogP contribution is 2.37. The lowest BCUT2D eigenvalue weighted by atomic mass is 10.0. The maximum atomic E-state index is 6.32. The molecule has 0 radical (unpaired) electrons. The summed E-state index contributed by atoms with van der Waals surface area (Å²) in [6.07, 6.45) is 0. The number of imidazole rings is 2. The van der Waals surface area contributed by atoms with E-state index in [4.69, 9.17) is 9.40 Å². The van der Waals surface area contributed by atoms with Crippen LogP contribution in [-0.4, -0.2) is 14.0 Å². The summed E-state index contributed by atoms with van der Waals surface area (Å²) in [5.41, 5.74) is 9.44. The molecule has 0 aliphatic heterocycles. The normalized spacial score (nSPS) is 12.0. The van der Waals surface area contributed by atoms with Gasteiger partial charge in [-0.05, 0) is 48.0 Å². The molecule has 0 unspecified atom stereocenters. The fourth-order valence-corrected chi connectivity index (χ4v) is 5.37. The van der Waals surface area contributed by atoms with Crippen LogP contribution in [0.1, 0.15) is 0 Å². The summed E-state index contributed by atoms with van der Waals surface area (Å²) in [4.78, 5) is 5.06. The molecule has 5 aromatic carbocycles. The summed E-state index contributed by atoms with van der Waals surface area (Å²) >= 11 is 0. The van der Waals surface area contributed by atoms with Crippen molar-refractivity contribution in [2.45, 2.75) is 0 Å². The quantitative estimate of drug-likeness (QED) is 0.268. The first kappa shape index (κ1) is 18.6. The van der Waals surface area contributed by atoms with E-state index < -0.39 is 0 Å². The second-order valence-corrected chi connectivity index (χ2v) is 8.89. The molecule has 4 nitrogen and oxygen atoms in total. The van der Waals surface area contributed by atoms with Gasteiger partial charge in [-0.1, -0.05) is 72.8 Å². The highest BCUT2D eigenvalue weighted by Gasteiger charge is 2.18. The van der Waals surface area contributed by atoms with Gasteiger partial charge in [0.05, 0.1) is 22.1 Å². The Morgan fingerprint density at radius 2 is 1.37 bits per heavy atom. The number of nitrogens with zero attached hydrogens (tertiary/aromatic N) is 3. The molecule has 3 aromatic heterocycles. The first-order chi connectivity index (χ1) is 17.4. The number of hydrogen-bond donors (Lipinski definition) is 0. The zero-order chi connectivity index (χ0) is 22.9. The standard InChI is InChI=1S/C31H19N3O/c1-2-9-21(10-3-1)33-26-14-5-6-15-27(26)34-28-19-20(17-18-25(28)32-31(33)34)22-12-8-13-24-23-11-4-7-16-29(23)35-30(22)24/h1-19H. The van der Waals surface area contributed by atoms with Crippen LogP contribution in [0.15, 0.2) is 120 Å². The molecule has 0 amide bonds. The Morgan fingerprint density at radius 1 is 0.600 bits per heavy atom. The highest BCUT2D eigenvalue weighted by atomic mass is 16.3. The molecule has 0 saturated heterocycles. The Labute approximate surface area is 200 Å². The molecule has 0 aliphatic rings. The van der Waals surface area contributed by atoms with Crippen molar-refractivity contribution >= 4 is 49.8 Å². The van der Waals surface area contributed by atoms with Gasteiger partial charge in [-0.2, -0.15) is 0 Å². The monoisotopic (exact) mass is 449 g/mol. The summed E-state index contributed by atoms with van der Waals surface area (Å²) in [7, 11) is 0. The third kappa shape index (κ3) is 2.53. The number of aromatic nitrogens is 3. The Balaban J connectivity index is 1.45. The molecule has 0 aliphatic carbocycles. The lowest BCUT2D eigenvalue weighted by molar-refractivity contribution is 0.670. The van der Waals surface area contributed by atoms with Gasteiger partial charge >= 0.3 is 0 Å². The van der Waals surface area contributed by atoms with Gasteiger partial charge in [0.15, 0.2) is 0 Å². The second-order valence-electron chi connectivity index (χ2n) is 8.89. The third-order valence-corrected chi connectivity index (χ3v) is 6.93. The van der Waals surface area contributed by atoms with E-state index in [1.165, 1.54) is 0 Å². The minimum Gasteiger partial charge on any atom is -0.455 e. The Kier molecular flexibility index (Phi) is 3.63. The van der Waals surface area contributed by atoms with E-state index in [-0.39, 0.29) is 0 Å². The summed E-state index contributed by atoms with van der Waals surface area (Å²) in [6.45, 7) is 0. The summed E-state index contributed by atoms with van der Waals surface area (Å²) < 4.78 is 10.8. The third-order valence-electron chi connectivity index (χ3n) is 6.93. The maximum absolute atomic E-state index is 6.32. The van der Waals surface area contributed by atoms with Gasteiger partial charge < -0.3 is 4.42 Å². The number of para-hydroxylation sites is 5. The van der Waals surface area contributed by atoms with Crippen LogP contribution in [0.5, 0.6) is 0 Å². The van der Waals surface area contributed by atoms with Crippen molar-refractivity contribution in [3.8, 4) is 16.8 Å². The van der Waals surface area contributed by atoms with Crippen molar-refractivity contribution < 1.29 is 4.42 Å². The summed E-state index contributed by atoms with van der Waals surface area (Å²) in [5.74, 6) is 0.909. The Hall–Kier alpha value is -4.83.